The molecule has 0 fully saturated rings. The smallest absolute Gasteiger partial charge is 0.132 e. The number of unbranched alkanes of at least 4 members (excludes halogenated alkanes) is 1. The largest absolute Gasteiger partial charge is 0.308 e. The number of ketones is 1. The molecule has 0 spiro atoms. The van der Waals surface area contributed by atoms with Crippen molar-refractivity contribution in [2.45, 2.75) is 66.3 Å². The van der Waals surface area contributed by atoms with E-state index in [0.717, 1.165) is 36.1 Å². The van der Waals surface area contributed by atoms with Gasteiger partial charge in [0.2, 0.25) is 0 Å². The first-order valence-electron chi connectivity index (χ1n) is 9.72. The van der Waals surface area contributed by atoms with E-state index in [-0.39, 0.29) is 12.2 Å². The zero-order valence-corrected chi connectivity index (χ0v) is 18.9. The van der Waals surface area contributed by atoms with E-state index in [1.807, 2.05) is 35.6 Å². The van der Waals surface area contributed by atoms with E-state index in [2.05, 4.69) is 20.8 Å². The van der Waals surface area contributed by atoms with E-state index in [4.69, 9.17) is 22.0 Å². The SMILES string of the molecule is CCCCc1sc(C)c(C)c1/C(=N\[C@@H](CC(C)=O)C(C)=N)c1ccc(Cl)cc1. The number of halogens is 1. The molecule has 0 amide bonds. The average Bonchev–Trinajstić information content (AvgIpc) is 2.91. The summed E-state index contributed by atoms with van der Waals surface area (Å²) in [6.07, 6.45) is 3.52. The first-order valence-corrected chi connectivity index (χ1v) is 10.9. The third kappa shape index (κ3) is 5.62. The quantitative estimate of drug-likeness (QED) is 0.460. The Labute approximate surface area is 177 Å². The van der Waals surface area contributed by atoms with Crippen molar-refractivity contribution in [1.29, 1.82) is 5.41 Å². The maximum atomic E-state index is 11.8. The van der Waals surface area contributed by atoms with Crippen LogP contribution in [-0.4, -0.2) is 23.2 Å². The van der Waals surface area contributed by atoms with Crippen molar-refractivity contribution in [2.24, 2.45) is 4.99 Å². The lowest BCUT2D eigenvalue weighted by molar-refractivity contribution is -0.117. The second-order valence-electron chi connectivity index (χ2n) is 7.27. The predicted octanol–water partition coefficient (Wildman–Crippen LogP) is 6.59. The summed E-state index contributed by atoms with van der Waals surface area (Å²) in [7, 11) is 0. The van der Waals surface area contributed by atoms with Crippen LogP contribution >= 0.6 is 22.9 Å². The summed E-state index contributed by atoms with van der Waals surface area (Å²) in [5.41, 5.74) is 4.63. The topological polar surface area (TPSA) is 53.3 Å². The number of aryl methyl sites for hydroxylation is 2. The third-order valence-corrected chi connectivity index (χ3v) is 6.35. The first kappa shape index (κ1) is 22.5. The molecule has 1 heterocycles. The molecule has 2 rings (SSSR count). The number of hydrogen-bond acceptors (Lipinski definition) is 4. The molecule has 0 saturated heterocycles. The van der Waals surface area contributed by atoms with Gasteiger partial charge in [-0.15, -0.1) is 11.3 Å². The predicted molar refractivity (Wildman–Crippen MR) is 122 cm³/mol. The molecular formula is C23H29ClN2OS. The van der Waals surface area contributed by atoms with E-state index in [1.54, 1.807) is 13.8 Å². The Morgan fingerprint density at radius 2 is 1.86 bits per heavy atom. The molecule has 28 heavy (non-hydrogen) atoms. The van der Waals surface area contributed by atoms with Crippen LogP contribution in [0.25, 0.3) is 0 Å². The minimum atomic E-state index is -0.443. The Balaban J connectivity index is 2.68. The van der Waals surface area contributed by atoms with Crippen molar-refractivity contribution in [1.82, 2.24) is 0 Å². The zero-order valence-electron chi connectivity index (χ0n) is 17.4. The fraction of sp³-hybridized carbons (Fsp3) is 0.435. The summed E-state index contributed by atoms with van der Waals surface area (Å²) in [5, 5.41) is 8.82. The summed E-state index contributed by atoms with van der Waals surface area (Å²) >= 11 is 7.93. The molecule has 0 saturated carbocycles. The Hall–Kier alpha value is -1.78. The van der Waals surface area contributed by atoms with Crippen LogP contribution in [0.4, 0.5) is 0 Å². The van der Waals surface area contributed by atoms with E-state index >= 15 is 0 Å². The second kappa shape index (κ2) is 10.1. The molecule has 5 heteroatoms. The highest BCUT2D eigenvalue weighted by molar-refractivity contribution is 7.12. The molecule has 0 aliphatic heterocycles. The molecule has 1 aromatic heterocycles. The number of Topliss-reactive ketones (excluding diaryl/α,β-unsaturated/α-hetero) is 1. The zero-order chi connectivity index (χ0) is 20.8. The van der Waals surface area contributed by atoms with Crippen molar-refractivity contribution in [3.8, 4) is 0 Å². The monoisotopic (exact) mass is 416 g/mol. The maximum Gasteiger partial charge on any atom is 0.132 e. The molecule has 3 nitrogen and oxygen atoms in total. The Morgan fingerprint density at radius 3 is 2.39 bits per heavy atom. The van der Waals surface area contributed by atoms with Gasteiger partial charge in [-0.2, -0.15) is 0 Å². The Bertz CT molecular complexity index is 881. The second-order valence-corrected chi connectivity index (χ2v) is 9.02. The molecule has 150 valence electrons. The summed E-state index contributed by atoms with van der Waals surface area (Å²) in [6, 6.07) is 7.23. The van der Waals surface area contributed by atoms with Crippen molar-refractivity contribution in [2.75, 3.05) is 0 Å². The summed E-state index contributed by atoms with van der Waals surface area (Å²) in [6.45, 7) is 9.76. The van der Waals surface area contributed by atoms with Gasteiger partial charge >= 0.3 is 0 Å². The van der Waals surface area contributed by atoms with Crippen molar-refractivity contribution >= 4 is 40.1 Å². The average molecular weight is 417 g/mol. The Kier molecular flexibility index (Phi) is 8.14. The normalized spacial score (nSPS) is 12.9. The minimum Gasteiger partial charge on any atom is -0.308 e. The van der Waals surface area contributed by atoms with Crippen LogP contribution < -0.4 is 0 Å². The van der Waals surface area contributed by atoms with Gasteiger partial charge in [0, 0.05) is 38.0 Å². The fourth-order valence-electron chi connectivity index (χ4n) is 3.14. The molecule has 0 radical (unpaired) electrons. The van der Waals surface area contributed by atoms with Gasteiger partial charge in [-0.25, -0.2) is 0 Å². The molecule has 1 aromatic carbocycles. The molecule has 1 atom stereocenters. The number of hydrogen-bond donors (Lipinski definition) is 1. The van der Waals surface area contributed by atoms with Gasteiger partial charge in [-0.3, -0.25) is 9.79 Å². The first-order chi connectivity index (χ1) is 13.2. The van der Waals surface area contributed by atoms with Gasteiger partial charge < -0.3 is 5.41 Å². The van der Waals surface area contributed by atoms with E-state index in [0.29, 0.717) is 10.7 Å². The molecule has 1 N–H and O–H groups in total. The molecule has 0 aliphatic rings. The van der Waals surface area contributed by atoms with Crippen LogP contribution in [0.2, 0.25) is 5.02 Å². The van der Waals surface area contributed by atoms with Gasteiger partial charge in [0.05, 0.1) is 11.8 Å². The third-order valence-electron chi connectivity index (χ3n) is 4.84. The van der Waals surface area contributed by atoms with E-state index < -0.39 is 6.04 Å². The van der Waals surface area contributed by atoms with Crippen molar-refractivity contribution in [3.05, 3.63) is 55.7 Å². The van der Waals surface area contributed by atoms with E-state index in [1.165, 1.54) is 15.3 Å². The van der Waals surface area contributed by atoms with Crippen LogP contribution in [0, 0.1) is 19.3 Å². The highest BCUT2D eigenvalue weighted by atomic mass is 35.5. The van der Waals surface area contributed by atoms with Gasteiger partial charge in [0.15, 0.2) is 0 Å². The number of aliphatic imine (C=N–C) groups is 1. The number of carbonyl (C=O) groups is 1. The summed E-state index contributed by atoms with van der Waals surface area (Å²) in [5.74, 6) is 0.0419. The summed E-state index contributed by atoms with van der Waals surface area (Å²) < 4.78 is 0. The number of rotatable bonds is 9. The highest BCUT2D eigenvalue weighted by Gasteiger charge is 2.22. The summed E-state index contributed by atoms with van der Waals surface area (Å²) in [4.78, 5) is 19.3. The van der Waals surface area contributed by atoms with Gasteiger partial charge in [-0.05, 0) is 58.2 Å². The van der Waals surface area contributed by atoms with Crippen LogP contribution in [0.3, 0.4) is 0 Å². The number of thiophene rings is 1. The standard InChI is InChI=1S/C23H29ClN2OS/c1-6-7-8-21-22(15(3)17(5)28-21)23(18-9-11-19(24)12-10-18)26-20(16(4)25)13-14(2)27/h9-12,20,25H,6-8,13H2,1-5H3/b25-16?,26-23-/t20-/m0/s1. The number of nitrogens with one attached hydrogen (secondary N) is 1. The number of nitrogens with zero attached hydrogens (tertiary/aromatic N) is 1. The van der Waals surface area contributed by atoms with Gasteiger partial charge in [-0.1, -0.05) is 37.1 Å². The minimum absolute atomic E-state index is 0.0419. The lowest BCUT2D eigenvalue weighted by Gasteiger charge is -2.16. The molecule has 0 unspecified atom stereocenters. The molecule has 0 aliphatic carbocycles. The van der Waals surface area contributed by atoms with Crippen molar-refractivity contribution < 1.29 is 4.79 Å². The lowest BCUT2D eigenvalue weighted by Crippen LogP contribution is -2.21. The van der Waals surface area contributed by atoms with Crippen LogP contribution in [-0.2, 0) is 11.2 Å². The number of benzene rings is 1. The van der Waals surface area contributed by atoms with Crippen molar-refractivity contribution in [3.63, 3.8) is 0 Å². The highest BCUT2D eigenvalue weighted by Crippen LogP contribution is 2.32. The van der Waals surface area contributed by atoms with Crippen LogP contribution in [0.15, 0.2) is 29.3 Å². The molecule has 2 aromatic rings. The van der Waals surface area contributed by atoms with Crippen LogP contribution in [0.1, 0.15) is 66.5 Å². The molecule has 0 bridgehead atoms. The van der Waals surface area contributed by atoms with Gasteiger partial charge in [0.1, 0.15) is 5.78 Å². The maximum absolute atomic E-state index is 11.8. The van der Waals surface area contributed by atoms with E-state index in [9.17, 15) is 4.79 Å². The van der Waals surface area contributed by atoms with Gasteiger partial charge in [0.25, 0.3) is 0 Å². The fourth-order valence-corrected chi connectivity index (χ4v) is 4.48. The number of carbonyl (C=O) groups excluding carboxylic acids is 1. The Morgan fingerprint density at radius 1 is 1.21 bits per heavy atom. The lowest BCUT2D eigenvalue weighted by atomic mass is 9.96. The molecular weight excluding hydrogens is 388 g/mol. The van der Waals surface area contributed by atoms with Crippen LogP contribution in [0.5, 0.6) is 0 Å².